The second-order valence-electron chi connectivity index (χ2n) is 5.37. The Bertz CT molecular complexity index is 670. The lowest BCUT2D eigenvalue weighted by Crippen LogP contribution is -2.38. The summed E-state index contributed by atoms with van der Waals surface area (Å²) in [4.78, 5) is 2.34. The predicted octanol–water partition coefficient (Wildman–Crippen LogP) is 2.08. The van der Waals surface area contributed by atoms with E-state index in [0.29, 0.717) is 11.7 Å². The number of fused-ring (bicyclic) bond motifs is 1. The van der Waals surface area contributed by atoms with E-state index in [-0.39, 0.29) is 0 Å². The van der Waals surface area contributed by atoms with Gasteiger partial charge in [-0.3, -0.25) is 0 Å². The predicted molar refractivity (Wildman–Crippen MR) is 83.2 cm³/mol. The number of benzene rings is 1. The van der Waals surface area contributed by atoms with Crippen molar-refractivity contribution in [3.8, 4) is 6.07 Å². The Hall–Kier alpha value is -2.19. The van der Waals surface area contributed by atoms with Gasteiger partial charge in [0.2, 0.25) is 0 Å². The molecule has 1 aromatic carbocycles. The third kappa shape index (κ3) is 2.55. The quantitative estimate of drug-likeness (QED) is 0.929. The van der Waals surface area contributed by atoms with E-state index in [1.165, 1.54) is 0 Å². The molecule has 0 saturated carbocycles. The normalized spacial score (nSPS) is 17.8. The van der Waals surface area contributed by atoms with Crippen molar-refractivity contribution in [2.45, 2.75) is 25.8 Å². The zero-order valence-corrected chi connectivity index (χ0v) is 12.2. The molecule has 5 heteroatoms. The summed E-state index contributed by atoms with van der Waals surface area (Å²) in [5, 5.41) is 22.2. The first-order valence-corrected chi connectivity index (χ1v) is 7.48. The minimum Gasteiger partial charge on any atom is -0.364 e. The van der Waals surface area contributed by atoms with Gasteiger partial charge in [-0.15, -0.1) is 10.2 Å². The van der Waals surface area contributed by atoms with Gasteiger partial charge in [0.15, 0.2) is 5.69 Å². The van der Waals surface area contributed by atoms with Gasteiger partial charge in [-0.1, -0.05) is 25.1 Å². The SMILES string of the molecule is CCCN(c1c(C#N)nnc2ccccc12)C1CCNC1. The van der Waals surface area contributed by atoms with Crippen LogP contribution >= 0.6 is 0 Å². The first-order chi connectivity index (χ1) is 10.3. The van der Waals surface area contributed by atoms with E-state index in [9.17, 15) is 5.26 Å². The number of nitriles is 1. The molecule has 1 saturated heterocycles. The summed E-state index contributed by atoms with van der Waals surface area (Å²) < 4.78 is 0. The van der Waals surface area contributed by atoms with Crippen molar-refractivity contribution in [1.29, 1.82) is 5.26 Å². The Morgan fingerprint density at radius 1 is 1.38 bits per heavy atom. The van der Waals surface area contributed by atoms with Crippen molar-refractivity contribution >= 4 is 16.6 Å². The van der Waals surface area contributed by atoms with Crippen LogP contribution in [0.3, 0.4) is 0 Å². The summed E-state index contributed by atoms with van der Waals surface area (Å²) in [6.45, 7) is 5.08. The average molecular weight is 281 g/mol. The lowest BCUT2D eigenvalue weighted by Gasteiger charge is -2.31. The van der Waals surface area contributed by atoms with Crippen molar-refractivity contribution in [3.05, 3.63) is 30.0 Å². The first kappa shape index (κ1) is 13.8. The molecule has 1 aliphatic rings. The van der Waals surface area contributed by atoms with Gasteiger partial charge in [0, 0.05) is 24.5 Å². The van der Waals surface area contributed by atoms with E-state index in [1.807, 2.05) is 24.3 Å². The molecule has 0 spiro atoms. The molecule has 1 aliphatic heterocycles. The monoisotopic (exact) mass is 281 g/mol. The molecule has 21 heavy (non-hydrogen) atoms. The standard InChI is InChI=1S/C16H19N5/c1-2-9-21(12-7-8-18-11-12)16-13-5-3-4-6-14(13)19-20-15(16)10-17/h3-6,12,18H,2,7-9,11H2,1H3. The van der Waals surface area contributed by atoms with Gasteiger partial charge in [0.1, 0.15) is 6.07 Å². The Morgan fingerprint density at radius 3 is 2.95 bits per heavy atom. The van der Waals surface area contributed by atoms with Crippen LogP contribution in [0.25, 0.3) is 10.9 Å². The van der Waals surface area contributed by atoms with E-state index in [2.05, 4.69) is 33.4 Å². The summed E-state index contributed by atoms with van der Waals surface area (Å²) in [7, 11) is 0. The lowest BCUT2D eigenvalue weighted by molar-refractivity contribution is 0.625. The van der Waals surface area contributed by atoms with Gasteiger partial charge in [0.05, 0.1) is 11.2 Å². The van der Waals surface area contributed by atoms with Crippen LogP contribution < -0.4 is 10.2 Å². The molecule has 3 rings (SSSR count). The molecule has 5 nitrogen and oxygen atoms in total. The van der Waals surface area contributed by atoms with E-state index in [1.54, 1.807) is 0 Å². The summed E-state index contributed by atoms with van der Waals surface area (Å²) >= 11 is 0. The van der Waals surface area contributed by atoms with Crippen LogP contribution in [0.15, 0.2) is 24.3 Å². The van der Waals surface area contributed by atoms with Gasteiger partial charge in [-0.05, 0) is 25.5 Å². The van der Waals surface area contributed by atoms with Crippen molar-refractivity contribution < 1.29 is 0 Å². The number of nitrogens with zero attached hydrogens (tertiary/aromatic N) is 4. The molecule has 0 aliphatic carbocycles. The van der Waals surface area contributed by atoms with Crippen LogP contribution in [-0.4, -0.2) is 35.9 Å². The maximum atomic E-state index is 9.44. The maximum Gasteiger partial charge on any atom is 0.187 e. The van der Waals surface area contributed by atoms with Crippen LogP contribution in [0.2, 0.25) is 0 Å². The summed E-state index contributed by atoms with van der Waals surface area (Å²) in [5.41, 5.74) is 2.21. The Labute approximate surface area is 124 Å². The van der Waals surface area contributed by atoms with E-state index in [0.717, 1.165) is 49.1 Å². The average Bonchev–Trinajstić information content (AvgIpc) is 3.06. The fraction of sp³-hybridized carbons (Fsp3) is 0.438. The number of hydrogen-bond acceptors (Lipinski definition) is 5. The third-order valence-corrected chi connectivity index (χ3v) is 3.97. The minimum atomic E-state index is 0.421. The van der Waals surface area contributed by atoms with Crippen molar-refractivity contribution in [3.63, 3.8) is 0 Å². The van der Waals surface area contributed by atoms with Crippen LogP contribution in [0.4, 0.5) is 5.69 Å². The first-order valence-electron chi connectivity index (χ1n) is 7.48. The molecular weight excluding hydrogens is 262 g/mol. The highest BCUT2D eigenvalue weighted by Crippen LogP contribution is 2.30. The second kappa shape index (κ2) is 6.06. The van der Waals surface area contributed by atoms with Gasteiger partial charge in [-0.25, -0.2) is 0 Å². The lowest BCUT2D eigenvalue weighted by atomic mass is 10.1. The molecule has 2 aromatic rings. The molecule has 0 amide bonds. The zero-order valence-electron chi connectivity index (χ0n) is 12.2. The topological polar surface area (TPSA) is 64.8 Å². The Morgan fingerprint density at radius 2 is 2.24 bits per heavy atom. The Kier molecular flexibility index (Phi) is 3.98. The molecule has 1 fully saturated rings. The highest BCUT2D eigenvalue weighted by atomic mass is 15.2. The van der Waals surface area contributed by atoms with Crippen molar-refractivity contribution in [2.24, 2.45) is 0 Å². The van der Waals surface area contributed by atoms with Crippen molar-refractivity contribution in [2.75, 3.05) is 24.5 Å². The largest absolute Gasteiger partial charge is 0.364 e. The van der Waals surface area contributed by atoms with Gasteiger partial charge >= 0.3 is 0 Å². The summed E-state index contributed by atoms with van der Waals surface area (Å²) in [5.74, 6) is 0. The highest BCUT2D eigenvalue weighted by Gasteiger charge is 2.26. The molecule has 2 heterocycles. The molecule has 1 aromatic heterocycles. The molecule has 108 valence electrons. The minimum absolute atomic E-state index is 0.421. The number of rotatable bonds is 4. The van der Waals surface area contributed by atoms with Crippen LogP contribution in [-0.2, 0) is 0 Å². The van der Waals surface area contributed by atoms with Crippen LogP contribution in [0, 0.1) is 11.3 Å². The van der Waals surface area contributed by atoms with Crippen LogP contribution in [0.1, 0.15) is 25.5 Å². The molecule has 1 atom stereocenters. The second-order valence-corrected chi connectivity index (χ2v) is 5.37. The third-order valence-electron chi connectivity index (χ3n) is 3.97. The number of aromatic nitrogens is 2. The smallest absolute Gasteiger partial charge is 0.187 e. The fourth-order valence-corrected chi connectivity index (χ4v) is 3.03. The number of nitrogens with one attached hydrogen (secondary N) is 1. The van der Waals surface area contributed by atoms with Gasteiger partial charge < -0.3 is 10.2 Å². The van der Waals surface area contributed by atoms with Gasteiger partial charge in [-0.2, -0.15) is 5.26 Å². The number of anilines is 1. The van der Waals surface area contributed by atoms with E-state index < -0.39 is 0 Å². The maximum absolute atomic E-state index is 9.44. The molecule has 1 unspecified atom stereocenters. The molecule has 0 radical (unpaired) electrons. The van der Waals surface area contributed by atoms with E-state index >= 15 is 0 Å². The van der Waals surface area contributed by atoms with Crippen molar-refractivity contribution in [1.82, 2.24) is 15.5 Å². The van der Waals surface area contributed by atoms with E-state index in [4.69, 9.17) is 0 Å². The fourth-order valence-electron chi connectivity index (χ4n) is 3.03. The Balaban J connectivity index is 2.17. The number of hydrogen-bond donors (Lipinski definition) is 1. The van der Waals surface area contributed by atoms with Crippen LogP contribution in [0.5, 0.6) is 0 Å². The molecule has 1 N–H and O–H groups in total. The molecule has 0 bridgehead atoms. The molecular formula is C16H19N5. The van der Waals surface area contributed by atoms with Gasteiger partial charge in [0.25, 0.3) is 0 Å². The summed E-state index contributed by atoms with van der Waals surface area (Å²) in [6.07, 6.45) is 2.14. The summed E-state index contributed by atoms with van der Waals surface area (Å²) in [6, 6.07) is 10.6. The zero-order chi connectivity index (χ0) is 14.7. The highest BCUT2D eigenvalue weighted by molar-refractivity contribution is 5.93.